The summed E-state index contributed by atoms with van der Waals surface area (Å²) in [4.78, 5) is 26.5. The van der Waals surface area contributed by atoms with Crippen LogP contribution in [0.5, 0.6) is 0 Å². The molecule has 8 nitrogen and oxygen atoms in total. The summed E-state index contributed by atoms with van der Waals surface area (Å²) >= 11 is 1.60. The minimum absolute atomic E-state index is 0.0405. The molecule has 2 aliphatic carbocycles. The molecule has 1 amide bonds. The molecule has 3 aromatic rings. The largest absolute Gasteiger partial charge is 0.370 e. The Bertz CT molecular complexity index is 1270. The lowest BCUT2D eigenvalue weighted by Gasteiger charge is -2.27. The number of allylic oxidation sites excluding steroid dienone is 1. The third-order valence-corrected chi connectivity index (χ3v) is 8.69. The lowest BCUT2D eigenvalue weighted by Crippen LogP contribution is -2.41. The molecule has 182 valence electrons. The van der Waals surface area contributed by atoms with E-state index in [4.69, 9.17) is 15.7 Å². The molecule has 4 N–H and O–H groups in total. The number of hydrogen-bond acceptors (Lipinski definition) is 8. The number of aromatic nitrogens is 2. The van der Waals surface area contributed by atoms with E-state index in [-0.39, 0.29) is 23.8 Å². The second kappa shape index (κ2) is 8.80. The maximum atomic E-state index is 12.2. The summed E-state index contributed by atoms with van der Waals surface area (Å²) in [5, 5.41) is 8.97. The van der Waals surface area contributed by atoms with Crippen molar-refractivity contribution < 1.29 is 4.79 Å². The SMILES string of the molecule is CN(C)C1CCN(c2ccc(Nc3nc(N[C@H]4C5C=CC(C5)[C@@H]4C(N)=O)c4sccc4n3)cc2)C1. The highest BCUT2D eigenvalue weighted by molar-refractivity contribution is 7.17. The summed E-state index contributed by atoms with van der Waals surface area (Å²) in [7, 11) is 4.30. The van der Waals surface area contributed by atoms with E-state index in [2.05, 4.69) is 70.9 Å². The summed E-state index contributed by atoms with van der Waals surface area (Å²) in [5.74, 6) is 1.35. The van der Waals surface area contributed by atoms with Gasteiger partial charge in [0.15, 0.2) is 0 Å². The molecular formula is C26H31N7OS. The van der Waals surface area contributed by atoms with Gasteiger partial charge in [-0.05, 0) is 74.5 Å². The minimum Gasteiger partial charge on any atom is -0.370 e. The second-order valence-electron chi connectivity index (χ2n) is 10.1. The third-order valence-electron chi connectivity index (χ3n) is 7.78. The van der Waals surface area contributed by atoms with Crippen molar-refractivity contribution in [3.8, 4) is 0 Å². The number of fused-ring (bicyclic) bond motifs is 3. The van der Waals surface area contributed by atoms with Crippen LogP contribution in [0.4, 0.5) is 23.1 Å². The highest BCUT2D eigenvalue weighted by Gasteiger charge is 2.47. The Kier molecular flexibility index (Phi) is 5.61. The fraction of sp³-hybridized carbons (Fsp3) is 0.423. The van der Waals surface area contributed by atoms with Crippen LogP contribution < -0.4 is 21.3 Å². The Hall–Kier alpha value is -3.17. The Labute approximate surface area is 209 Å². The highest BCUT2D eigenvalue weighted by Crippen LogP contribution is 2.45. The molecule has 1 aliphatic heterocycles. The van der Waals surface area contributed by atoms with Gasteiger partial charge in [0, 0.05) is 36.5 Å². The summed E-state index contributed by atoms with van der Waals surface area (Å²) < 4.78 is 0.991. The number of likely N-dealkylation sites (N-methyl/N-ethyl adjacent to an activating group) is 1. The van der Waals surface area contributed by atoms with Gasteiger partial charge >= 0.3 is 0 Å². The zero-order valence-corrected chi connectivity index (χ0v) is 20.8. The van der Waals surface area contributed by atoms with Gasteiger partial charge in [-0.3, -0.25) is 4.79 Å². The molecule has 3 aliphatic rings. The van der Waals surface area contributed by atoms with Crippen LogP contribution >= 0.6 is 11.3 Å². The summed E-state index contributed by atoms with van der Waals surface area (Å²) in [6.45, 7) is 2.13. The normalized spacial score (nSPS) is 27.3. The number of nitrogens with zero attached hydrogens (tertiary/aromatic N) is 4. The molecule has 35 heavy (non-hydrogen) atoms. The number of nitrogens with two attached hydrogens (primary N) is 1. The van der Waals surface area contributed by atoms with Gasteiger partial charge in [-0.15, -0.1) is 11.3 Å². The molecule has 1 saturated carbocycles. The van der Waals surface area contributed by atoms with Crippen molar-refractivity contribution in [2.75, 3.05) is 42.7 Å². The van der Waals surface area contributed by atoms with Gasteiger partial charge in [-0.2, -0.15) is 4.98 Å². The van der Waals surface area contributed by atoms with Gasteiger partial charge in [0.05, 0.1) is 16.1 Å². The van der Waals surface area contributed by atoms with Crippen LogP contribution in [0.1, 0.15) is 12.8 Å². The van der Waals surface area contributed by atoms with Crippen molar-refractivity contribution in [2.24, 2.45) is 23.5 Å². The molecule has 5 atom stereocenters. The van der Waals surface area contributed by atoms with Gasteiger partial charge in [0.1, 0.15) is 5.82 Å². The van der Waals surface area contributed by atoms with E-state index in [9.17, 15) is 4.79 Å². The Balaban J connectivity index is 1.22. The predicted octanol–water partition coefficient (Wildman–Crippen LogP) is 3.66. The Morgan fingerprint density at radius 2 is 1.94 bits per heavy atom. The lowest BCUT2D eigenvalue weighted by molar-refractivity contribution is -0.122. The smallest absolute Gasteiger partial charge is 0.229 e. The van der Waals surface area contributed by atoms with E-state index in [0.717, 1.165) is 41.2 Å². The van der Waals surface area contributed by atoms with Crippen LogP contribution in [0.15, 0.2) is 47.9 Å². The first-order valence-electron chi connectivity index (χ1n) is 12.2. The number of carbonyl (C=O) groups excluding carboxylic acids is 1. The number of carbonyl (C=O) groups is 1. The van der Waals surface area contributed by atoms with Crippen molar-refractivity contribution in [1.29, 1.82) is 0 Å². The van der Waals surface area contributed by atoms with Crippen molar-refractivity contribution in [3.05, 3.63) is 47.9 Å². The first-order valence-corrected chi connectivity index (χ1v) is 13.1. The number of primary amides is 1. The summed E-state index contributed by atoms with van der Waals surface area (Å²) in [6, 6.07) is 11.0. The van der Waals surface area contributed by atoms with E-state index in [1.54, 1.807) is 11.3 Å². The zero-order chi connectivity index (χ0) is 24.1. The molecule has 1 saturated heterocycles. The molecule has 0 radical (unpaired) electrons. The van der Waals surface area contributed by atoms with Gasteiger partial charge < -0.3 is 26.2 Å². The van der Waals surface area contributed by atoms with Gasteiger partial charge in [-0.25, -0.2) is 4.98 Å². The van der Waals surface area contributed by atoms with E-state index >= 15 is 0 Å². The molecule has 1 aromatic carbocycles. The van der Waals surface area contributed by atoms with Crippen molar-refractivity contribution in [3.63, 3.8) is 0 Å². The fourth-order valence-electron chi connectivity index (χ4n) is 5.86. The molecule has 2 bridgehead atoms. The first-order chi connectivity index (χ1) is 17.0. The molecule has 3 unspecified atom stereocenters. The number of thiophene rings is 1. The van der Waals surface area contributed by atoms with Crippen LogP contribution in [0.25, 0.3) is 10.2 Å². The Morgan fingerprint density at radius 3 is 2.69 bits per heavy atom. The van der Waals surface area contributed by atoms with Crippen LogP contribution in [0.3, 0.4) is 0 Å². The second-order valence-corrected chi connectivity index (χ2v) is 11.0. The van der Waals surface area contributed by atoms with Crippen molar-refractivity contribution >= 4 is 50.6 Å². The van der Waals surface area contributed by atoms with Crippen molar-refractivity contribution in [2.45, 2.75) is 24.9 Å². The molecular weight excluding hydrogens is 458 g/mol. The number of benzene rings is 1. The molecule has 9 heteroatoms. The average molecular weight is 490 g/mol. The van der Waals surface area contributed by atoms with Gasteiger partial charge in [-0.1, -0.05) is 12.2 Å². The van der Waals surface area contributed by atoms with E-state index < -0.39 is 0 Å². The maximum Gasteiger partial charge on any atom is 0.229 e. The minimum atomic E-state index is -0.246. The molecule has 3 heterocycles. The van der Waals surface area contributed by atoms with Crippen LogP contribution in [-0.2, 0) is 4.79 Å². The molecule has 2 fully saturated rings. The van der Waals surface area contributed by atoms with Crippen LogP contribution in [-0.4, -0.2) is 60.0 Å². The van der Waals surface area contributed by atoms with E-state index in [1.807, 2.05) is 11.4 Å². The fourth-order valence-corrected chi connectivity index (χ4v) is 6.65. The summed E-state index contributed by atoms with van der Waals surface area (Å²) in [6.07, 6.45) is 6.49. The molecule has 2 aromatic heterocycles. The molecule has 6 rings (SSSR count). The highest BCUT2D eigenvalue weighted by atomic mass is 32.1. The maximum absolute atomic E-state index is 12.2. The average Bonchev–Trinajstić information content (AvgIpc) is 3.63. The van der Waals surface area contributed by atoms with Gasteiger partial charge in [0.25, 0.3) is 0 Å². The summed E-state index contributed by atoms with van der Waals surface area (Å²) in [5.41, 5.74) is 8.83. The number of hydrogen-bond donors (Lipinski definition) is 3. The predicted molar refractivity (Wildman–Crippen MR) is 142 cm³/mol. The monoisotopic (exact) mass is 489 g/mol. The number of nitrogens with one attached hydrogen (secondary N) is 2. The topological polar surface area (TPSA) is 99.4 Å². The standard InChI is InChI=1S/C26H31N7OS/c1-32(2)19-9-11-33(14-19)18-7-5-17(6-8-18)28-26-29-20-10-12-35-23(20)25(31-26)30-22-16-4-3-15(13-16)21(22)24(27)34/h3-8,10,12,15-16,19,21-22H,9,11,13-14H2,1-2H3,(H2,27,34)(H2,28,29,30,31)/t15?,16?,19?,21-,22-/m0/s1. The number of rotatable bonds is 7. The van der Waals surface area contributed by atoms with Crippen molar-refractivity contribution in [1.82, 2.24) is 14.9 Å². The van der Waals surface area contributed by atoms with Crippen LogP contribution in [0, 0.1) is 17.8 Å². The zero-order valence-electron chi connectivity index (χ0n) is 20.0. The van der Waals surface area contributed by atoms with Gasteiger partial charge in [0.2, 0.25) is 11.9 Å². The third kappa shape index (κ3) is 4.12. The number of anilines is 4. The van der Waals surface area contributed by atoms with Crippen LogP contribution in [0.2, 0.25) is 0 Å². The first kappa shape index (κ1) is 22.3. The number of amides is 1. The lowest BCUT2D eigenvalue weighted by atomic mass is 9.88. The quantitative estimate of drug-likeness (QED) is 0.436. The molecule has 0 spiro atoms. The van der Waals surface area contributed by atoms with E-state index in [1.165, 1.54) is 12.1 Å². The Morgan fingerprint density at radius 1 is 1.14 bits per heavy atom. The van der Waals surface area contributed by atoms with E-state index in [0.29, 0.717) is 17.9 Å².